The highest BCUT2D eigenvalue weighted by atomic mass is 35.5. The molecule has 0 unspecified atom stereocenters. The Morgan fingerprint density at radius 3 is 2.80 bits per heavy atom. The molecule has 0 radical (unpaired) electrons. The van der Waals surface area contributed by atoms with Crippen molar-refractivity contribution in [2.75, 3.05) is 0 Å². The largest absolute Gasteiger partial charge is 0.360 e. The molecule has 0 spiro atoms. The van der Waals surface area contributed by atoms with E-state index in [2.05, 4.69) is 10.6 Å². The maximum absolute atomic E-state index is 6.02. The summed E-state index contributed by atoms with van der Waals surface area (Å²) in [5.41, 5.74) is 1.07. The molecular weight excluding hydrogens is 228 g/mol. The van der Waals surface area contributed by atoms with Crippen molar-refractivity contribution >= 4 is 28.9 Å². The van der Waals surface area contributed by atoms with E-state index in [1.807, 2.05) is 24.3 Å². The molecule has 80 valence electrons. The first-order valence-electron chi connectivity index (χ1n) is 5.03. The Labute approximate surface area is 100 Å². The average molecular weight is 241 g/mol. The van der Waals surface area contributed by atoms with Gasteiger partial charge in [-0.05, 0) is 36.7 Å². The lowest BCUT2D eigenvalue weighted by atomic mass is 10.2. The van der Waals surface area contributed by atoms with E-state index in [4.69, 9.17) is 23.8 Å². The Morgan fingerprint density at radius 1 is 1.40 bits per heavy atom. The van der Waals surface area contributed by atoms with Crippen molar-refractivity contribution in [1.29, 1.82) is 0 Å². The van der Waals surface area contributed by atoms with E-state index in [9.17, 15) is 0 Å². The summed E-state index contributed by atoms with van der Waals surface area (Å²) >= 11 is 11.2. The first-order chi connectivity index (χ1) is 7.25. The molecule has 0 amide bonds. The van der Waals surface area contributed by atoms with Crippen LogP contribution in [-0.2, 0) is 6.54 Å². The van der Waals surface area contributed by atoms with Crippen molar-refractivity contribution in [2.45, 2.75) is 25.4 Å². The molecule has 1 aliphatic carbocycles. The zero-order valence-corrected chi connectivity index (χ0v) is 9.87. The summed E-state index contributed by atoms with van der Waals surface area (Å²) in [5.74, 6) is 0. The molecule has 1 aromatic carbocycles. The minimum Gasteiger partial charge on any atom is -0.360 e. The monoisotopic (exact) mass is 240 g/mol. The highest BCUT2D eigenvalue weighted by Crippen LogP contribution is 2.18. The summed E-state index contributed by atoms with van der Waals surface area (Å²) in [6.45, 7) is 0.679. The molecule has 1 aromatic rings. The molecule has 0 heterocycles. The standard InChI is InChI=1S/C11H13ClN2S/c12-10-4-2-1-3-8(10)7-13-11(15)14-9-5-6-9/h1-4,9H,5-7H2,(H2,13,14,15). The second-order valence-electron chi connectivity index (χ2n) is 3.69. The second-order valence-corrected chi connectivity index (χ2v) is 4.51. The zero-order valence-electron chi connectivity index (χ0n) is 8.29. The highest BCUT2D eigenvalue weighted by Gasteiger charge is 2.21. The van der Waals surface area contributed by atoms with Crippen molar-refractivity contribution in [3.8, 4) is 0 Å². The Bertz CT molecular complexity index is 363. The predicted molar refractivity (Wildman–Crippen MR) is 67.0 cm³/mol. The minimum atomic E-state index is 0.594. The third-order valence-electron chi connectivity index (χ3n) is 2.31. The molecule has 0 atom stereocenters. The Balaban J connectivity index is 1.81. The third-order valence-corrected chi connectivity index (χ3v) is 2.94. The van der Waals surface area contributed by atoms with Gasteiger partial charge in [-0.25, -0.2) is 0 Å². The number of thiocarbonyl (C=S) groups is 1. The third kappa shape index (κ3) is 3.36. The number of hydrogen-bond donors (Lipinski definition) is 2. The van der Waals surface area contributed by atoms with Gasteiger partial charge in [-0.2, -0.15) is 0 Å². The molecule has 2 N–H and O–H groups in total. The van der Waals surface area contributed by atoms with Crippen LogP contribution in [0.2, 0.25) is 5.02 Å². The van der Waals surface area contributed by atoms with Crippen LogP contribution in [0.5, 0.6) is 0 Å². The molecule has 2 nitrogen and oxygen atoms in total. The average Bonchev–Trinajstić information content (AvgIpc) is 3.00. The summed E-state index contributed by atoms with van der Waals surface area (Å²) < 4.78 is 0. The van der Waals surface area contributed by atoms with Crippen LogP contribution < -0.4 is 10.6 Å². The molecule has 0 bridgehead atoms. The highest BCUT2D eigenvalue weighted by molar-refractivity contribution is 7.80. The van der Waals surface area contributed by atoms with Gasteiger partial charge in [0.05, 0.1) is 0 Å². The summed E-state index contributed by atoms with van der Waals surface area (Å²) in [6.07, 6.45) is 2.46. The van der Waals surface area contributed by atoms with Crippen molar-refractivity contribution in [3.63, 3.8) is 0 Å². The van der Waals surface area contributed by atoms with Crippen LogP contribution in [0.4, 0.5) is 0 Å². The molecule has 1 fully saturated rings. The maximum atomic E-state index is 6.02. The van der Waals surface area contributed by atoms with Crippen molar-refractivity contribution in [2.24, 2.45) is 0 Å². The van der Waals surface area contributed by atoms with Crippen LogP contribution in [0.1, 0.15) is 18.4 Å². The van der Waals surface area contributed by atoms with E-state index in [0.717, 1.165) is 15.7 Å². The SMILES string of the molecule is S=C(NCc1ccccc1Cl)NC1CC1. The van der Waals surface area contributed by atoms with E-state index in [1.165, 1.54) is 12.8 Å². The topological polar surface area (TPSA) is 24.1 Å². The van der Waals surface area contributed by atoms with Gasteiger partial charge in [0, 0.05) is 17.6 Å². The van der Waals surface area contributed by atoms with E-state index >= 15 is 0 Å². The van der Waals surface area contributed by atoms with Gasteiger partial charge < -0.3 is 10.6 Å². The lowest BCUT2D eigenvalue weighted by Gasteiger charge is -2.10. The molecule has 1 saturated carbocycles. The zero-order chi connectivity index (χ0) is 10.7. The smallest absolute Gasteiger partial charge is 0.166 e. The van der Waals surface area contributed by atoms with Crippen molar-refractivity contribution in [3.05, 3.63) is 34.9 Å². The van der Waals surface area contributed by atoms with E-state index < -0.39 is 0 Å². The fourth-order valence-electron chi connectivity index (χ4n) is 1.28. The molecule has 0 aromatic heterocycles. The number of benzene rings is 1. The van der Waals surface area contributed by atoms with Gasteiger partial charge >= 0.3 is 0 Å². The fraction of sp³-hybridized carbons (Fsp3) is 0.364. The molecule has 15 heavy (non-hydrogen) atoms. The summed E-state index contributed by atoms with van der Waals surface area (Å²) in [6, 6.07) is 8.37. The van der Waals surface area contributed by atoms with Crippen molar-refractivity contribution < 1.29 is 0 Å². The van der Waals surface area contributed by atoms with Crippen LogP contribution in [0.15, 0.2) is 24.3 Å². The normalized spacial score (nSPS) is 14.7. The lowest BCUT2D eigenvalue weighted by molar-refractivity contribution is 0.829. The first kappa shape index (κ1) is 10.7. The number of rotatable bonds is 3. The first-order valence-corrected chi connectivity index (χ1v) is 5.82. The number of nitrogens with one attached hydrogen (secondary N) is 2. The van der Waals surface area contributed by atoms with Crippen molar-refractivity contribution in [1.82, 2.24) is 10.6 Å². The Morgan fingerprint density at radius 2 is 2.13 bits per heavy atom. The molecule has 0 saturated heterocycles. The maximum Gasteiger partial charge on any atom is 0.166 e. The van der Waals surface area contributed by atoms with Crippen LogP contribution in [0, 0.1) is 0 Å². The van der Waals surface area contributed by atoms with Gasteiger partial charge in [-0.15, -0.1) is 0 Å². The van der Waals surface area contributed by atoms with Gasteiger partial charge in [-0.1, -0.05) is 29.8 Å². The Kier molecular flexibility index (Phi) is 3.44. The van der Waals surface area contributed by atoms with Crippen LogP contribution in [0.3, 0.4) is 0 Å². The van der Waals surface area contributed by atoms with E-state index in [-0.39, 0.29) is 0 Å². The Hall–Kier alpha value is -0.800. The molecular formula is C11H13ClN2S. The number of hydrogen-bond acceptors (Lipinski definition) is 1. The van der Waals surface area contributed by atoms with Gasteiger partial charge in [0.2, 0.25) is 0 Å². The lowest BCUT2D eigenvalue weighted by Crippen LogP contribution is -2.36. The minimum absolute atomic E-state index is 0.594. The van der Waals surface area contributed by atoms with Crippen LogP contribution in [0.25, 0.3) is 0 Å². The van der Waals surface area contributed by atoms with Gasteiger partial charge in [-0.3, -0.25) is 0 Å². The fourth-order valence-corrected chi connectivity index (χ4v) is 1.72. The molecule has 2 rings (SSSR count). The van der Waals surface area contributed by atoms with E-state index in [1.54, 1.807) is 0 Å². The molecule has 1 aliphatic rings. The summed E-state index contributed by atoms with van der Waals surface area (Å²) in [5, 5.41) is 7.86. The molecule has 4 heteroatoms. The quantitative estimate of drug-likeness (QED) is 0.794. The summed E-state index contributed by atoms with van der Waals surface area (Å²) in [7, 11) is 0. The number of halogens is 1. The second kappa shape index (κ2) is 4.81. The molecule has 0 aliphatic heterocycles. The van der Waals surface area contributed by atoms with Gasteiger partial charge in [0.15, 0.2) is 5.11 Å². The summed E-state index contributed by atoms with van der Waals surface area (Å²) in [4.78, 5) is 0. The predicted octanol–water partition coefficient (Wildman–Crippen LogP) is 2.47. The van der Waals surface area contributed by atoms with Gasteiger partial charge in [0.25, 0.3) is 0 Å². The van der Waals surface area contributed by atoms with Gasteiger partial charge in [0.1, 0.15) is 0 Å². The van der Waals surface area contributed by atoms with E-state index in [0.29, 0.717) is 12.6 Å². The van der Waals surface area contributed by atoms with Crippen LogP contribution >= 0.6 is 23.8 Å². The van der Waals surface area contributed by atoms with Crippen LogP contribution in [-0.4, -0.2) is 11.2 Å².